The lowest BCUT2D eigenvalue weighted by atomic mass is 10.1. The Labute approximate surface area is 264 Å². The lowest BCUT2D eigenvalue weighted by Crippen LogP contribution is -2.16. The van der Waals surface area contributed by atoms with Crippen LogP contribution in [0.25, 0.3) is 32.7 Å². The van der Waals surface area contributed by atoms with Crippen LogP contribution >= 0.6 is 24.8 Å². The summed E-state index contributed by atoms with van der Waals surface area (Å²) in [5, 5.41) is 10.1. The molecule has 43 heavy (non-hydrogen) atoms. The van der Waals surface area contributed by atoms with Crippen molar-refractivity contribution in [2.45, 2.75) is 19.3 Å². The first-order chi connectivity index (χ1) is 20.1. The van der Waals surface area contributed by atoms with E-state index >= 15 is 0 Å². The molecule has 0 aliphatic rings. The van der Waals surface area contributed by atoms with Crippen molar-refractivity contribution in [2.24, 2.45) is 0 Å². The molecule has 0 aliphatic heterocycles. The molecule has 0 unspecified atom stereocenters. The predicted octanol–water partition coefficient (Wildman–Crippen LogP) is 8.55. The highest BCUT2D eigenvalue weighted by atomic mass is 35.5. The second kappa shape index (κ2) is 14.4. The number of hydrogen-bond donors (Lipinski definition) is 3. The topological polar surface area (TPSA) is 96.0 Å². The number of benzene rings is 4. The molecule has 0 saturated carbocycles. The molecule has 0 spiro atoms. The monoisotopic (exact) mass is 633 g/mol. The van der Waals surface area contributed by atoms with Gasteiger partial charge >= 0.3 is 0 Å². The van der Waals surface area contributed by atoms with Gasteiger partial charge in [0.1, 0.15) is 0 Å². The van der Waals surface area contributed by atoms with Crippen molar-refractivity contribution in [2.75, 3.05) is 27.7 Å². The van der Waals surface area contributed by atoms with Crippen LogP contribution in [-0.2, 0) is 10.0 Å². The summed E-state index contributed by atoms with van der Waals surface area (Å²) in [7, 11) is -3.44. The Morgan fingerprint density at radius 2 is 1.19 bits per heavy atom. The van der Waals surface area contributed by atoms with Crippen LogP contribution in [-0.4, -0.2) is 30.7 Å². The molecule has 0 atom stereocenters. The van der Waals surface area contributed by atoms with Gasteiger partial charge in [-0.05, 0) is 61.4 Å². The largest absolute Gasteiger partial charge is 0.384 e. The number of para-hydroxylation sites is 3. The summed E-state index contributed by atoms with van der Waals surface area (Å²) in [6.45, 7) is 0.776. The molecule has 6 aromatic rings. The Morgan fingerprint density at radius 1 is 0.605 bits per heavy atom. The number of aromatic nitrogens is 2. The second-order valence-corrected chi connectivity index (χ2v) is 11.8. The van der Waals surface area contributed by atoms with Crippen molar-refractivity contribution >= 4 is 90.3 Å². The normalized spacial score (nSPS) is 11.1. The average Bonchev–Trinajstić information content (AvgIpc) is 2.99. The number of pyridine rings is 2. The zero-order valence-corrected chi connectivity index (χ0v) is 25.8. The molecule has 2 aromatic heterocycles. The maximum absolute atomic E-state index is 12.7. The average molecular weight is 635 g/mol. The number of sulfonamides is 1. The highest BCUT2D eigenvalue weighted by Gasteiger charge is 2.12. The number of nitrogens with one attached hydrogen (secondary N) is 3. The first-order valence-electron chi connectivity index (χ1n) is 13.8. The van der Waals surface area contributed by atoms with Gasteiger partial charge < -0.3 is 10.6 Å². The minimum atomic E-state index is -3.44. The molecule has 2 heterocycles. The fraction of sp³-hybridized carbons (Fsp3) is 0.152. The van der Waals surface area contributed by atoms with Gasteiger partial charge in [-0.3, -0.25) is 9.71 Å². The molecule has 0 amide bonds. The zero-order valence-electron chi connectivity index (χ0n) is 23.4. The van der Waals surface area contributed by atoms with Crippen molar-refractivity contribution in [1.29, 1.82) is 0 Å². The van der Waals surface area contributed by atoms with E-state index in [1.165, 1.54) is 0 Å². The van der Waals surface area contributed by atoms with E-state index in [-0.39, 0.29) is 30.6 Å². The number of fused-ring (bicyclic) bond motifs is 3. The van der Waals surface area contributed by atoms with Crippen LogP contribution in [0.3, 0.4) is 0 Å². The standard InChI is InChI=1S/C33H31N5O2S.2ClH/c39-41(40,23-9-1-8-21-34-30-20-22-35-29-13-5-2-10-26(29)30)38-25-18-16-24(17-19-25)36-33-27-11-3-6-14-31(27)37-32-15-7-4-12-28(32)33;;/h2-7,10-20,22,38H,1,8-9,21,23H2,(H,34,35)(H,36,37);2*1H. The highest BCUT2D eigenvalue weighted by molar-refractivity contribution is 7.92. The number of hydrogen-bond acceptors (Lipinski definition) is 6. The van der Waals surface area contributed by atoms with E-state index in [2.05, 4.69) is 38.5 Å². The number of nitrogens with zero attached hydrogens (tertiary/aromatic N) is 2. The van der Waals surface area contributed by atoms with E-state index in [0.717, 1.165) is 69.2 Å². The summed E-state index contributed by atoms with van der Waals surface area (Å²) in [5.41, 5.74) is 6.23. The molecule has 222 valence electrons. The Hall–Kier alpha value is -4.11. The van der Waals surface area contributed by atoms with Gasteiger partial charge in [0.2, 0.25) is 10.0 Å². The van der Waals surface area contributed by atoms with Gasteiger partial charge in [0.25, 0.3) is 0 Å². The lowest BCUT2D eigenvalue weighted by molar-refractivity contribution is 0.595. The van der Waals surface area contributed by atoms with Gasteiger partial charge in [-0.1, -0.05) is 61.0 Å². The van der Waals surface area contributed by atoms with E-state index in [0.29, 0.717) is 12.1 Å². The molecule has 4 aromatic carbocycles. The van der Waals surface area contributed by atoms with Crippen LogP contribution < -0.4 is 15.4 Å². The molecule has 0 bridgehead atoms. The third kappa shape index (κ3) is 7.65. The third-order valence-corrected chi connectivity index (χ3v) is 8.44. The van der Waals surface area contributed by atoms with Crippen molar-refractivity contribution in [1.82, 2.24) is 9.97 Å². The summed E-state index contributed by atoms with van der Waals surface area (Å²) < 4.78 is 28.1. The van der Waals surface area contributed by atoms with E-state index < -0.39 is 10.0 Å². The first-order valence-corrected chi connectivity index (χ1v) is 15.4. The fourth-order valence-electron chi connectivity index (χ4n) is 5.04. The quantitative estimate of drug-likeness (QED) is 0.0977. The Morgan fingerprint density at radius 3 is 1.86 bits per heavy atom. The molecule has 0 fully saturated rings. The summed E-state index contributed by atoms with van der Waals surface area (Å²) in [5.74, 6) is 0.0835. The van der Waals surface area contributed by atoms with Gasteiger partial charge in [-0.2, -0.15) is 0 Å². The minimum Gasteiger partial charge on any atom is -0.384 e. The van der Waals surface area contributed by atoms with Crippen molar-refractivity contribution in [3.8, 4) is 0 Å². The Kier molecular flexibility index (Phi) is 10.6. The summed E-state index contributed by atoms with van der Waals surface area (Å²) in [4.78, 5) is 9.16. The van der Waals surface area contributed by atoms with Crippen LogP contribution in [0.1, 0.15) is 19.3 Å². The maximum Gasteiger partial charge on any atom is 0.232 e. The van der Waals surface area contributed by atoms with E-state index in [1.807, 2.05) is 72.8 Å². The Bertz CT molecular complexity index is 1880. The minimum absolute atomic E-state index is 0. The lowest BCUT2D eigenvalue weighted by Gasteiger charge is -2.14. The molecule has 0 aliphatic carbocycles. The third-order valence-electron chi connectivity index (χ3n) is 7.07. The number of halogens is 2. The van der Waals surface area contributed by atoms with Crippen molar-refractivity contribution in [3.63, 3.8) is 0 Å². The van der Waals surface area contributed by atoms with Gasteiger partial charge in [0.15, 0.2) is 0 Å². The smallest absolute Gasteiger partial charge is 0.232 e. The van der Waals surface area contributed by atoms with Gasteiger partial charge in [0.05, 0.1) is 28.0 Å². The Balaban J connectivity index is 0.00000212. The molecule has 0 radical (unpaired) electrons. The van der Waals surface area contributed by atoms with E-state index in [1.54, 1.807) is 18.3 Å². The molecule has 7 nitrogen and oxygen atoms in total. The maximum atomic E-state index is 12.7. The number of anilines is 4. The van der Waals surface area contributed by atoms with Crippen molar-refractivity contribution < 1.29 is 8.42 Å². The molecule has 6 rings (SSSR count). The zero-order chi connectivity index (χ0) is 28.1. The predicted molar refractivity (Wildman–Crippen MR) is 185 cm³/mol. The second-order valence-electron chi connectivity index (χ2n) is 10.0. The van der Waals surface area contributed by atoms with Gasteiger partial charge in [-0.25, -0.2) is 13.4 Å². The number of rotatable bonds is 11. The molecule has 3 N–H and O–H groups in total. The van der Waals surface area contributed by atoms with E-state index in [9.17, 15) is 8.42 Å². The molecular weight excluding hydrogens is 601 g/mol. The molecular formula is C33H33Cl2N5O2S. The van der Waals surface area contributed by atoms with Crippen molar-refractivity contribution in [3.05, 3.63) is 109 Å². The fourth-order valence-corrected chi connectivity index (χ4v) is 6.22. The van der Waals surface area contributed by atoms with Crippen LogP contribution in [0.2, 0.25) is 0 Å². The number of unbranched alkanes of at least 4 members (excludes halogenated alkanes) is 2. The van der Waals surface area contributed by atoms with Crippen LogP contribution in [0.15, 0.2) is 109 Å². The van der Waals surface area contributed by atoms with E-state index in [4.69, 9.17) is 4.98 Å². The van der Waals surface area contributed by atoms with Crippen LogP contribution in [0.4, 0.5) is 22.7 Å². The first kappa shape index (κ1) is 31.8. The summed E-state index contributed by atoms with van der Waals surface area (Å²) >= 11 is 0. The summed E-state index contributed by atoms with van der Waals surface area (Å²) in [6, 6.07) is 33.4. The molecule has 0 saturated heterocycles. The highest BCUT2D eigenvalue weighted by Crippen LogP contribution is 2.33. The van der Waals surface area contributed by atoms with Gasteiger partial charge in [0, 0.05) is 46.0 Å². The van der Waals surface area contributed by atoms with Crippen LogP contribution in [0, 0.1) is 0 Å². The SMILES string of the molecule is Cl.Cl.O=S(=O)(CCCCCNc1ccnc2ccccc12)Nc1ccc(Nc2c3ccccc3nc3ccccc23)cc1. The summed E-state index contributed by atoms with van der Waals surface area (Å²) in [6.07, 6.45) is 4.09. The van der Waals surface area contributed by atoms with Gasteiger partial charge in [-0.15, -0.1) is 24.8 Å². The molecule has 10 heteroatoms. The van der Waals surface area contributed by atoms with Crippen LogP contribution in [0.5, 0.6) is 0 Å².